The molecule has 0 rings (SSSR count). The third kappa shape index (κ3) is 6.75. The summed E-state index contributed by atoms with van der Waals surface area (Å²) in [7, 11) is 0. The van der Waals surface area contributed by atoms with Gasteiger partial charge in [0.15, 0.2) is 0 Å². The largest absolute Gasteiger partial charge is 0.422 e. The van der Waals surface area contributed by atoms with Crippen molar-refractivity contribution in [2.75, 3.05) is 6.54 Å². The zero-order chi connectivity index (χ0) is 9.40. The van der Waals surface area contributed by atoms with E-state index in [0.29, 0.717) is 0 Å². The second-order valence-electron chi connectivity index (χ2n) is 1.51. The molecule has 0 saturated carbocycles. The molecule has 6 nitrogen and oxygen atoms in total. The van der Waals surface area contributed by atoms with Gasteiger partial charge in [-0.1, -0.05) is 6.08 Å². The van der Waals surface area contributed by atoms with Crippen LogP contribution in [0.1, 0.15) is 0 Å². The molecule has 0 aromatic carbocycles. The molecule has 0 atom stereocenters. The molecule has 68 valence electrons. The maximum atomic E-state index is 10.5. The SMILES string of the molecule is C=CCNC(=O)OSOC(N)=O. The van der Waals surface area contributed by atoms with E-state index in [-0.39, 0.29) is 18.9 Å². The van der Waals surface area contributed by atoms with Crippen molar-refractivity contribution < 1.29 is 18.0 Å². The molecule has 0 aromatic rings. The number of hydrogen-bond acceptors (Lipinski definition) is 5. The summed E-state index contributed by atoms with van der Waals surface area (Å²) in [6.45, 7) is 3.63. The van der Waals surface area contributed by atoms with Crippen molar-refractivity contribution in [1.29, 1.82) is 0 Å². The lowest BCUT2D eigenvalue weighted by Gasteiger charge is -2.00. The van der Waals surface area contributed by atoms with Crippen LogP contribution < -0.4 is 11.1 Å². The third-order valence-electron chi connectivity index (χ3n) is 0.617. The number of primary amides is 1. The van der Waals surface area contributed by atoms with E-state index < -0.39 is 12.2 Å². The molecule has 0 aliphatic rings. The van der Waals surface area contributed by atoms with Crippen molar-refractivity contribution in [3.05, 3.63) is 12.7 Å². The number of rotatable bonds is 4. The maximum Gasteiger partial charge on any atom is 0.422 e. The van der Waals surface area contributed by atoms with Crippen LogP contribution in [0.15, 0.2) is 12.7 Å². The number of nitrogens with one attached hydrogen (secondary N) is 1. The van der Waals surface area contributed by atoms with Gasteiger partial charge in [-0.2, -0.15) is 0 Å². The summed E-state index contributed by atoms with van der Waals surface area (Å²) < 4.78 is 8.29. The Morgan fingerprint density at radius 2 is 2.25 bits per heavy atom. The highest BCUT2D eigenvalue weighted by Gasteiger charge is 2.03. The smallest absolute Gasteiger partial charge is 0.337 e. The van der Waals surface area contributed by atoms with Gasteiger partial charge in [0, 0.05) is 6.54 Å². The second kappa shape index (κ2) is 6.35. The summed E-state index contributed by atoms with van der Waals surface area (Å²) in [5.74, 6) is 0. The van der Waals surface area contributed by atoms with Gasteiger partial charge in [0.2, 0.25) is 0 Å². The average Bonchev–Trinajstić information content (AvgIpc) is 2.00. The maximum absolute atomic E-state index is 10.5. The van der Waals surface area contributed by atoms with Gasteiger partial charge in [-0.3, -0.25) is 0 Å². The molecule has 7 heteroatoms. The summed E-state index contributed by atoms with van der Waals surface area (Å²) in [4.78, 5) is 20.5. The van der Waals surface area contributed by atoms with Crippen molar-refractivity contribution in [2.45, 2.75) is 0 Å². The molecule has 0 bridgehead atoms. The van der Waals surface area contributed by atoms with E-state index >= 15 is 0 Å². The summed E-state index contributed by atoms with van der Waals surface area (Å²) in [5, 5.41) is 2.27. The number of amides is 2. The van der Waals surface area contributed by atoms with Crippen molar-refractivity contribution in [2.24, 2.45) is 5.73 Å². The quantitative estimate of drug-likeness (QED) is 0.501. The molecule has 0 heterocycles. The highest BCUT2D eigenvalue weighted by molar-refractivity contribution is 7.90. The average molecular weight is 192 g/mol. The van der Waals surface area contributed by atoms with Gasteiger partial charge in [0.05, 0.1) is 0 Å². The molecule has 0 aliphatic heterocycles. The number of carbonyl (C=O) groups excluding carboxylic acids is 2. The van der Waals surface area contributed by atoms with Crippen molar-refractivity contribution in [3.63, 3.8) is 0 Å². The predicted octanol–water partition coefficient (Wildman–Crippen LogP) is 0.557. The minimum absolute atomic E-state index is 0.199. The van der Waals surface area contributed by atoms with Crippen LogP contribution in [-0.4, -0.2) is 18.7 Å². The monoisotopic (exact) mass is 192 g/mol. The van der Waals surface area contributed by atoms with Gasteiger partial charge in [0.1, 0.15) is 0 Å². The lowest BCUT2D eigenvalue weighted by molar-refractivity contribution is 0.199. The summed E-state index contributed by atoms with van der Waals surface area (Å²) >= 11 is 0.199. The molecule has 0 saturated heterocycles. The Labute approximate surface area is 73.5 Å². The molecular weight excluding hydrogens is 184 g/mol. The van der Waals surface area contributed by atoms with Gasteiger partial charge in [-0.15, -0.1) is 6.58 Å². The van der Waals surface area contributed by atoms with Gasteiger partial charge in [-0.25, -0.2) is 9.59 Å². The molecule has 0 fully saturated rings. The second-order valence-corrected chi connectivity index (χ2v) is 1.98. The molecule has 0 unspecified atom stereocenters. The van der Waals surface area contributed by atoms with Crippen LogP contribution in [0, 0.1) is 0 Å². The van der Waals surface area contributed by atoms with Crippen molar-refractivity contribution in [3.8, 4) is 0 Å². The standard InChI is InChI=1S/C5H8N2O4S/c1-2-3-7-5(9)11-12-10-4(6)8/h2H,1,3H2,(H2,6,8)(H,7,9). The van der Waals surface area contributed by atoms with E-state index in [1.807, 2.05) is 0 Å². The van der Waals surface area contributed by atoms with Crippen LogP contribution in [0.3, 0.4) is 0 Å². The topological polar surface area (TPSA) is 90.7 Å². The number of carbonyl (C=O) groups is 2. The van der Waals surface area contributed by atoms with Gasteiger partial charge in [-0.05, 0) is 0 Å². The Hall–Kier alpha value is -1.37. The first-order chi connectivity index (χ1) is 5.66. The fourth-order valence-corrected chi connectivity index (χ4v) is 0.488. The fraction of sp³-hybridized carbons (Fsp3) is 0.200. The molecule has 0 aromatic heterocycles. The highest BCUT2D eigenvalue weighted by Crippen LogP contribution is 2.03. The molecule has 12 heavy (non-hydrogen) atoms. The van der Waals surface area contributed by atoms with E-state index in [4.69, 9.17) is 0 Å². The molecule has 0 spiro atoms. The van der Waals surface area contributed by atoms with Gasteiger partial charge in [0.25, 0.3) is 0 Å². The van der Waals surface area contributed by atoms with Crippen LogP contribution in [0.5, 0.6) is 0 Å². The third-order valence-corrected chi connectivity index (χ3v) is 1.07. The van der Waals surface area contributed by atoms with Gasteiger partial charge < -0.3 is 19.4 Å². The van der Waals surface area contributed by atoms with E-state index in [1.54, 1.807) is 0 Å². The van der Waals surface area contributed by atoms with Crippen molar-refractivity contribution in [1.82, 2.24) is 5.32 Å². The van der Waals surface area contributed by atoms with E-state index in [9.17, 15) is 9.59 Å². The lowest BCUT2D eigenvalue weighted by atomic mass is 10.6. The summed E-state index contributed by atoms with van der Waals surface area (Å²) in [6.07, 6.45) is -0.293. The number of nitrogens with two attached hydrogens (primary N) is 1. The summed E-state index contributed by atoms with van der Waals surface area (Å²) in [5.41, 5.74) is 4.57. The first-order valence-electron chi connectivity index (χ1n) is 2.86. The van der Waals surface area contributed by atoms with E-state index in [2.05, 4.69) is 26.0 Å². The lowest BCUT2D eigenvalue weighted by Crippen LogP contribution is -2.22. The zero-order valence-electron chi connectivity index (χ0n) is 6.11. The number of hydrogen-bond donors (Lipinski definition) is 2. The Kier molecular flexibility index (Phi) is 5.62. The zero-order valence-corrected chi connectivity index (χ0v) is 6.93. The van der Waals surface area contributed by atoms with Gasteiger partial charge >= 0.3 is 24.5 Å². The molecule has 2 amide bonds. The molecular formula is C5H8N2O4S. The van der Waals surface area contributed by atoms with Crippen LogP contribution >= 0.6 is 12.3 Å². The van der Waals surface area contributed by atoms with Crippen LogP contribution in [0.25, 0.3) is 0 Å². The minimum Gasteiger partial charge on any atom is -0.337 e. The molecule has 3 N–H and O–H groups in total. The van der Waals surface area contributed by atoms with E-state index in [1.165, 1.54) is 6.08 Å². The molecule has 0 radical (unpaired) electrons. The summed E-state index contributed by atoms with van der Waals surface area (Å²) in [6, 6.07) is 0. The van der Waals surface area contributed by atoms with Crippen LogP contribution in [0.2, 0.25) is 0 Å². The normalized spacial score (nSPS) is 8.33. The first-order valence-corrected chi connectivity index (χ1v) is 3.53. The Balaban J connectivity index is 3.31. The Morgan fingerprint density at radius 1 is 1.58 bits per heavy atom. The highest BCUT2D eigenvalue weighted by atomic mass is 32.2. The Bertz CT molecular complexity index is 184. The van der Waals surface area contributed by atoms with E-state index in [0.717, 1.165) is 0 Å². The minimum atomic E-state index is -1.03. The van der Waals surface area contributed by atoms with Crippen LogP contribution in [-0.2, 0) is 8.37 Å². The predicted molar refractivity (Wildman–Crippen MR) is 42.9 cm³/mol. The van der Waals surface area contributed by atoms with Crippen molar-refractivity contribution >= 4 is 24.5 Å². The fourth-order valence-electron chi connectivity index (χ4n) is 0.266. The first kappa shape index (κ1) is 10.6. The van der Waals surface area contributed by atoms with Crippen LogP contribution in [0.4, 0.5) is 9.59 Å². The Morgan fingerprint density at radius 3 is 2.75 bits per heavy atom. The molecule has 0 aliphatic carbocycles.